The number of thioether (sulfide) groups is 1. The van der Waals surface area contributed by atoms with E-state index in [-0.39, 0.29) is 4.75 Å². The van der Waals surface area contributed by atoms with E-state index in [9.17, 15) is 0 Å². The monoisotopic (exact) mass is 231 g/mol. The lowest BCUT2D eigenvalue weighted by molar-refractivity contribution is 0.719. The van der Waals surface area contributed by atoms with E-state index in [2.05, 4.69) is 44.2 Å². The molecular formula is C14H17NS. The van der Waals surface area contributed by atoms with Gasteiger partial charge in [-0.1, -0.05) is 32.0 Å². The summed E-state index contributed by atoms with van der Waals surface area (Å²) in [6.45, 7) is 4.47. The summed E-state index contributed by atoms with van der Waals surface area (Å²) in [5, 5.41) is 9.13. The van der Waals surface area contributed by atoms with Crippen LogP contribution >= 0.6 is 11.8 Å². The van der Waals surface area contributed by atoms with Gasteiger partial charge in [0.2, 0.25) is 0 Å². The quantitative estimate of drug-likeness (QED) is 0.769. The molecule has 1 aromatic rings. The van der Waals surface area contributed by atoms with Gasteiger partial charge in [-0.3, -0.25) is 0 Å². The topological polar surface area (TPSA) is 23.8 Å². The highest BCUT2D eigenvalue weighted by atomic mass is 32.2. The molecule has 0 saturated heterocycles. The Hall–Kier alpha value is -0.940. The molecule has 1 aliphatic rings. The zero-order chi connectivity index (χ0) is 11.6. The van der Waals surface area contributed by atoms with Gasteiger partial charge in [0.25, 0.3) is 0 Å². The maximum atomic E-state index is 9.13. The minimum atomic E-state index is -0.108. The molecule has 0 radical (unpaired) electrons. The highest BCUT2D eigenvalue weighted by Crippen LogP contribution is 2.52. The fourth-order valence-electron chi connectivity index (χ4n) is 1.76. The normalized spacial score (nSPS) is 18.8. The summed E-state index contributed by atoms with van der Waals surface area (Å²) >= 11 is 1.77. The molecule has 2 rings (SSSR count). The fourth-order valence-corrected chi connectivity index (χ4v) is 3.07. The maximum Gasteiger partial charge on any atom is 0.107 e. The highest BCUT2D eigenvalue weighted by molar-refractivity contribution is 8.01. The molecule has 0 heterocycles. The van der Waals surface area contributed by atoms with Crippen molar-refractivity contribution in [3.63, 3.8) is 0 Å². The summed E-state index contributed by atoms with van der Waals surface area (Å²) in [5.74, 6) is 0.582. The van der Waals surface area contributed by atoms with Crippen molar-refractivity contribution in [2.75, 3.05) is 0 Å². The molecule has 1 atom stereocenters. The number of rotatable bonds is 4. The first-order valence-corrected chi connectivity index (χ1v) is 6.71. The molecule has 1 saturated carbocycles. The second-order valence-electron chi connectivity index (χ2n) is 4.56. The third-order valence-corrected chi connectivity index (χ3v) is 4.76. The van der Waals surface area contributed by atoms with Crippen LogP contribution in [0, 0.1) is 11.3 Å². The fraction of sp³-hybridized carbons (Fsp3) is 0.500. The first-order chi connectivity index (χ1) is 7.71. The molecule has 0 aliphatic heterocycles. The Bertz CT molecular complexity index is 415. The zero-order valence-electron chi connectivity index (χ0n) is 9.86. The third-order valence-electron chi connectivity index (χ3n) is 3.28. The van der Waals surface area contributed by atoms with E-state index in [0.29, 0.717) is 5.92 Å². The molecule has 0 spiro atoms. The van der Waals surface area contributed by atoms with Gasteiger partial charge in [-0.2, -0.15) is 5.26 Å². The second-order valence-corrected chi connectivity index (χ2v) is 5.98. The Morgan fingerprint density at radius 3 is 2.69 bits per heavy atom. The summed E-state index contributed by atoms with van der Waals surface area (Å²) in [7, 11) is 0. The van der Waals surface area contributed by atoms with Crippen molar-refractivity contribution < 1.29 is 0 Å². The minimum Gasteiger partial charge on any atom is -0.197 e. The lowest BCUT2D eigenvalue weighted by Gasteiger charge is -2.15. The predicted octanol–water partition coefficient (Wildman–Crippen LogP) is 4.35. The van der Waals surface area contributed by atoms with Gasteiger partial charge in [-0.25, -0.2) is 0 Å². The molecule has 84 valence electrons. The van der Waals surface area contributed by atoms with Crippen molar-refractivity contribution >= 4 is 11.8 Å². The SMILES string of the molecule is CCC(C)c1ccccc1SC1(C#N)CC1. The van der Waals surface area contributed by atoms with Crippen LogP contribution in [0.2, 0.25) is 0 Å². The lowest BCUT2D eigenvalue weighted by Crippen LogP contribution is -2.00. The Morgan fingerprint density at radius 2 is 2.12 bits per heavy atom. The molecule has 1 aromatic carbocycles. The highest BCUT2D eigenvalue weighted by Gasteiger charge is 2.44. The molecule has 0 aromatic heterocycles. The molecule has 1 unspecified atom stereocenters. The first kappa shape index (κ1) is 11.5. The molecule has 1 fully saturated rings. The molecule has 0 amide bonds. The van der Waals surface area contributed by atoms with Crippen LogP contribution in [0.15, 0.2) is 29.2 Å². The van der Waals surface area contributed by atoms with Gasteiger partial charge >= 0.3 is 0 Å². The first-order valence-electron chi connectivity index (χ1n) is 5.90. The maximum absolute atomic E-state index is 9.13. The molecular weight excluding hydrogens is 214 g/mol. The van der Waals surface area contributed by atoms with Crippen LogP contribution < -0.4 is 0 Å². The van der Waals surface area contributed by atoms with E-state index in [4.69, 9.17) is 5.26 Å². The molecule has 0 bridgehead atoms. The molecule has 16 heavy (non-hydrogen) atoms. The summed E-state index contributed by atoms with van der Waals surface area (Å²) in [5.41, 5.74) is 1.40. The standard InChI is InChI=1S/C14H17NS/c1-3-11(2)12-6-4-5-7-13(12)16-14(10-15)8-9-14/h4-7,11H,3,8-9H2,1-2H3. The van der Waals surface area contributed by atoms with Crippen molar-refractivity contribution in [3.05, 3.63) is 29.8 Å². The van der Waals surface area contributed by atoms with Crippen LogP contribution in [0.3, 0.4) is 0 Å². The Kier molecular flexibility index (Phi) is 3.25. The number of nitriles is 1. The molecule has 1 aliphatic carbocycles. The van der Waals surface area contributed by atoms with Crippen LogP contribution in [0.25, 0.3) is 0 Å². The Morgan fingerprint density at radius 1 is 1.44 bits per heavy atom. The van der Waals surface area contributed by atoms with E-state index >= 15 is 0 Å². The van der Waals surface area contributed by atoms with Crippen molar-refractivity contribution in [1.29, 1.82) is 5.26 Å². The van der Waals surface area contributed by atoms with Crippen molar-refractivity contribution in [3.8, 4) is 6.07 Å². The largest absolute Gasteiger partial charge is 0.197 e. The van der Waals surface area contributed by atoms with Crippen LogP contribution in [-0.4, -0.2) is 4.75 Å². The summed E-state index contributed by atoms with van der Waals surface area (Å²) in [6.07, 6.45) is 3.24. The van der Waals surface area contributed by atoms with Gasteiger partial charge in [0, 0.05) is 4.90 Å². The van der Waals surface area contributed by atoms with Crippen LogP contribution in [0.1, 0.15) is 44.6 Å². The Balaban J connectivity index is 2.24. The van der Waals surface area contributed by atoms with Crippen molar-refractivity contribution in [2.24, 2.45) is 0 Å². The van der Waals surface area contributed by atoms with Crippen LogP contribution in [0.4, 0.5) is 0 Å². The van der Waals surface area contributed by atoms with E-state index < -0.39 is 0 Å². The molecule has 2 heteroatoms. The van der Waals surface area contributed by atoms with E-state index in [0.717, 1.165) is 19.3 Å². The lowest BCUT2D eigenvalue weighted by atomic mass is 9.99. The van der Waals surface area contributed by atoms with Crippen LogP contribution in [0.5, 0.6) is 0 Å². The number of benzene rings is 1. The van der Waals surface area contributed by atoms with Gasteiger partial charge in [0.15, 0.2) is 0 Å². The van der Waals surface area contributed by atoms with E-state index in [1.54, 1.807) is 11.8 Å². The molecule has 0 N–H and O–H groups in total. The van der Waals surface area contributed by atoms with Crippen LogP contribution in [-0.2, 0) is 0 Å². The summed E-state index contributed by atoms with van der Waals surface area (Å²) < 4.78 is -0.108. The van der Waals surface area contributed by atoms with Gasteiger partial charge in [-0.05, 0) is 36.8 Å². The number of hydrogen-bond acceptors (Lipinski definition) is 2. The number of hydrogen-bond donors (Lipinski definition) is 0. The Labute approximate surface area is 102 Å². The summed E-state index contributed by atoms with van der Waals surface area (Å²) in [6, 6.07) is 11.0. The van der Waals surface area contributed by atoms with E-state index in [1.807, 2.05) is 0 Å². The van der Waals surface area contributed by atoms with Gasteiger partial charge in [0.05, 0.1) is 6.07 Å². The smallest absolute Gasteiger partial charge is 0.107 e. The number of nitrogens with zero attached hydrogens (tertiary/aromatic N) is 1. The second kappa shape index (κ2) is 4.51. The zero-order valence-corrected chi connectivity index (χ0v) is 10.7. The van der Waals surface area contributed by atoms with E-state index in [1.165, 1.54) is 10.5 Å². The predicted molar refractivity (Wildman–Crippen MR) is 68.6 cm³/mol. The van der Waals surface area contributed by atoms with Gasteiger partial charge in [0.1, 0.15) is 4.75 Å². The third kappa shape index (κ3) is 2.25. The minimum absolute atomic E-state index is 0.108. The van der Waals surface area contributed by atoms with Crippen molar-refractivity contribution in [1.82, 2.24) is 0 Å². The van der Waals surface area contributed by atoms with Gasteiger partial charge in [-0.15, -0.1) is 11.8 Å². The molecule has 1 nitrogen and oxygen atoms in total. The summed E-state index contributed by atoms with van der Waals surface area (Å²) in [4.78, 5) is 1.30. The van der Waals surface area contributed by atoms with Gasteiger partial charge < -0.3 is 0 Å². The van der Waals surface area contributed by atoms with Crippen molar-refractivity contribution in [2.45, 2.75) is 48.7 Å². The average molecular weight is 231 g/mol. The average Bonchev–Trinajstić information content (AvgIpc) is 3.09.